The number of benzene rings is 1. The van der Waals surface area contributed by atoms with E-state index in [0.717, 1.165) is 16.9 Å². The highest BCUT2D eigenvalue weighted by molar-refractivity contribution is 6.45. The van der Waals surface area contributed by atoms with E-state index in [2.05, 4.69) is 5.32 Å². The van der Waals surface area contributed by atoms with Gasteiger partial charge in [-0.1, -0.05) is 26.0 Å². The predicted molar refractivity (Wildman–Crippen MR) is 83.6 cm³/mol. The molecule has 1 fully saturated rings. The van der Waals surface area contributed by atoms with Crippen LogP contribution in [0.3, 0.4) is 0 Å². The smallest absolute Gasteiger partial charge is 0.325 e. The maximum atomic E-state index is 12.0. The lowest BCUT2D eigenvalue weighted by atomic mass is 10.1. The van der Waals surface area contributed by atoms with Crippen molar-refractivity contribution in [3.8, 4) is 0 Å². The normalized spacial score (nSPS) is 14.6. The van der Waals surface area contributed by atoms with Crippen molar-refractivity contribution in [2.45, 2.75) is 26.7 Å². The number of hydrogen-bond donors (Lipinski definition) is 1. The number of imide groups is 2. The molecule has 1 aliphatic heterocycles. The third-order valence-corrected chi connectivity index (χ3v) is 3.53. The first-order valence-corrected chi connectivity index (χ1v) is 7.54. The second kappa shape index (κ2) is 7.04. The van der Waals surface area contributed by atoms with Gasteiger partial charge in [-0.15, -0.1) is 0 Å². The molecule has 7 nitrogen and oxygen atoms in total. The van der Waals surface area contributed by atoms with Crippen LogP contribution in [0.15, 0.2) is 24.3 Å². The van der Waals surface area contributed by atoms with E-state index < -0.39 is 30.3 Å². The van der Waals surface area contributed by atoms with Crippen molar-refractivity contribution in [1.29, 1.82) is 0 Å². The maximum absolute atomic E-state index is 12.0. The minimum atomic E-state index is -0.958. The highest BCUT2D eigenvalue weighted by Gasteiger charge is 2.44. The molecule has 5 amide bonds. The van der Waals surface area contributed by atoms with Gasteiger partial charge in [0.05, 0.1) is 0 Å². The van der Waals surface area contributed by atoms with Gasteiger partial charge in [0.25, 0.3) is 0 Å². The highest BCUT2D eigenvalue weighted by Crippen LogP contribution is 2.14. The zero-order valence-corrected chi connectivity index (χ0v) is 13.2. The van der Waals surface area contributed by atoms with Gasteiger partial charge < -0.3 is 5.32 Å². The van der Waals surface area contributed by atoms with Gasteiger partial charge in [-0.3, -0.25) is 19.3 Å². The molecule has 1 heterocycles. The summed E-state index contributed by atoms with van der Waals surface area (Å²) in [4.78, 5) is 49.1. The summed E-state index contributed by atoms with van der Waals surface area (Å²) in [7, 11) is 0. The van der Waals surface area contributed by atoms with Gasteiger partial charge in [-0.05, 0) is 30.5 Å². The summed E-state index contributed by atoms with van der Waals surface area (Å²) >= 11 is 0. The Morgan fingerprint density at radius 2 is 1.61 bits per heavy atom. The molecule has 23 heavy (non-hydrogen) atoms. The molecule has 0 bridgehead atoms. The third-order valence-electron chi connectivity index (χ3n) is 3.53. The summed E-state index contributed by atoms with van der Waals surface area (Å²) in [6.45, 7) is 3.51. The van der Waals surface area contributed by atoms with E-state index in [1.54, 1.807) is 19.1 Å². The number of amides is 5. The Bertz CT molecular complexity index is 639. The Morgan fingerprint density at radius 3 is 2.17 bits per heavy atom. The average Bonchev–Trinajstić information content (AvgIpc) is 2.74. The first-order valence-electron chi connectivity index (χ1n) is 7.54. The Kier molecular flexibility index (Phi) is 5.10. The summed E-state index contributed by atoms with van der Waals surface area (Å²) < 4.78 is 0. The lowest BCUT2D eigenvalue weighted by Crippen LogP contribution is -2.39. The zero-order valence-electron chi connectivity index (χ0n) is 13.2. The number of hydrogen-bond acceptors (Lipinski definition) is 4. The van der Waals surface area contributed by atoms with Gasteiger partial charge in [0.1, 0.15) is 6.54 Å². The van der Waals surface area contributed by atoms with Crippen LogP contribution >= 0.6 is 0 Å². The van der Waals surface area contributed by atoms with Crippen molar-refractivity contribution in [2.75, 3.05) is 18.4 Å². The Labute approximate surface area is 134 Å². The molecule has 0 aliphatic carbocycles. The third kappa shape index (κ3) is 3.56. The monoisotopic (exact) mass is 317 g/mol. The van der Waals surface area contributed by atoms with Gasteiger partial charge in [0, 0.05) is 12.2 Å². The van der Waals surface area contributed by atoms with Crippen molar-refractivity contribution in [3.63, 3.8) is 0 Å². The number of anilines is 1. The SMILES string of the molecule is CCCN1C(=O)C(=O)N(CC(=O)Nc2ccc(CC)cc2)C1=O. The van der Waals surface area contributed by atoms with Crippen LogP contribution < -0.4 is 5.32 Å². The number of rotatable bonds is 6. The Hall–Kier alpha value is -2.70. The number of nitrogens with one attached hydrogen (secondary N) is 1. The molecule has 1 aliphatic rings. The molecule has 0 spiro atoms. The van der Waals surface area contributed by atoms with Gasteiger partial charge in [-0.25, -0.2) is 9.69 Å². The molecule has 7 heteroatoms. The second-order valence-electron chi connectivity index (χ2n) is 5.23. The average molecular weight is 317 g/mol. The fourth-order valence-corrected chi connectivity index (χ4v) is 2.28. The Morgan fingerprint density at radius 1 is 1.00 bits per heavy atom. The van der Waals surface area contributed by atoms with Crippen molar-refractivity contribution >= 4 is 29.4 Å². The van der Waals surface area contributed by atoms with Crippen molar-refractivity contribution in [3.05, 3.63) is 29.8 Å². The van der Waals surface area contributed by atoms with Crippen molar-refractivity contribution < 1.29 is 19.2 Å². The van der Waals surface area contributed by atoms with Gasteiger partial charge in [0.2, 0.25) is 5.91 Å². The molecule has 1 saturated heterocycles. The van der Waals surface area contributed by atoms with Crippen LogP contribution in [0.2, 0.25) is 0 Å². The number of aryl methyl sites for hydroxylation is 1. The number of carbonyl (C=O) groups excluding carboxylic acids is 4. The van der Waals surface area contributed by atoms with Crippen molar-refractivity contribution in [1.82, 2.24) is 9.80 Å². The number of urea groups is 1. The van der Waals surface area contributed by atoms with Crippen LogP contribution in [-0.4, -0.2) is 46.6 Å². The van der Waals surface area contributed by atoms with E-state index in [9.17, 15) is 19.2 Å². The molecule has 0 unspecified atom stereocenters. The Balaban J connectivity index is 2.00. The van der Waals surface area contributed by atoms with E-state index >= 15 is 0 Å². The lowest BCUT2D eigenvalue weighted by molar-refractivity contribution is -0.143. The minimum Gasteiger partial charge on any atom is -0.325 e. The van der Waals surface area contributed by atoms with Gasteiger partial charge >= 0.3 is 17.8 Å². The summed E-state index contributed by atoms with van der Waals surface area (Å²) in [6.07, 6.45) is 1.44. The molecule has 1 aromatic carbocycles. The second-order valence-corrected chi connectivity index (χ2v) is 5.23. The predicted octanol–water partition coefficient (Wildman–Crippen LogP) is 1.39. The van der Waals surface area contributed by atoms with Crippen LogP contribution in [0, 0.1) is 0 Å². The van der Waals surface area contributed by atoms with Crippen LogP contribution in [0.5, 0.6) is 0 Å². The van der Waals surface area contributed by atoms with E-state index in [0.29, 0.717) is 17.0 Å². The topological polar surface area (TPSA) is 86.8 Å². The fourth-order valence-electron chi connectivity index (χ4n) is 2.28. The molecule has 0 radical (unpaired) electrons. The largest absolute Gasteiger partial charge is 0.334 e. The van der Waals surface area contributed by atoms with Crippen molar-refractivity contribution in [2.24, 2.45) is 0 Å². The first-order chi connectivity index (χ1) is 11.0. The molecular formula is C16H19N3O4. The summed E-state index contributed by atoms with van der Waals surface area (Å²) in [5.41, 5.74) is 1.71. The van der Waals surface area contributed by atoms with E-state index in [1.807, 2.05) is 19.1 Å². The molecule has 2 rings (SSSR count). The quantitative estimate of drug-likeness (QED) is 0.634. The maximum Gasteiger partial charge on any atom is 0.334 e. The van der Waals surface area contributed by atoms with E-state index in [4.69, 9.17) is 0 Å². The molecule has 0 saturated carbocycles. The van der Waals surface area contributed by atoms with Gasteiger partial charge in [0.15, 0.2) is 0 Å². The standard InChI is InChI=1S/C16H19N3O4/c1-3-9-18-14(21)15(22)19(16(18)23)10-13(20)17-12-7-5-11(4-2)6-8-12/h5-8H,3-4,9-10H2,1-2H3,(H,17,20). The number of nitrogens with zero attached hydrogens (tertiary/aromatic N) is 2. The fraction of sp³-hybridized carbons (Fsp3) is 0.375. The summed E-state index contributed by atoms with van der Waals surface area (Å²) in [5.74, 6) is -2.36. The molecule has 1 N–H and O–H groups in total. The lowest BCUT2D eigenvalue weighted by Gasteiger charge is -2.14. The minimum absolute atomic E-state index is 0.167. The molecule has 122 valence electrons. The van der Waals surface area contributed by atoms with Gasteiger partial charge in [-0.2, -0.15) is 0 Å². The summed E-state index contributed by atoms with van der Waals surface area (Å²) in [5, 5.41) is 2.61. The summed E-state index contributed by atoms with van der Waals surface area (Å²) in [6, 6.07) is 6.53. The van der Waals surface area contributed by atoms with Crippen LogP contribution in [0.4, 0.5) is 10.5 Å². The zero-order chi connectivity index (χ0) is 17.0. The molecule has 1 aromatic rings. The first kappa shape index (κ1) is 16.7. The molecule has 0 atom stereocenters. The molecule has 0 aromatic heterocycles. The van der Waals surface area contributed by atoms with E-state index in [1.165, 1.54) is 0 Å². The van der Waals surface area contributed by atoms with Crippen LogP contribution in [0.1, 0.15) is 25.8 Å². The molecular weight excluding hydrogens is 298 g/mol. The van der Waals surface area contributed by atoms with E-state index in [-0.39, 0.29) is 6.54 Å². The van der Waals surface area contributed by atoms with Crippen LogP contribution in [-0.2, 0) is 20.8 Å². The van der Waals surface area contributed by atoms with Crippen LogP contribution in [0.25, 0.3) is 0 Å². The number of carbonyl (C=O) groups is 4. The highest BCUT2D eigenvalue weighted by atomic mass is 16.2.